The Balaban J connectivity index is 1.88. The molecule has 1 aromatic carbocycles. The van der Waals surface area contributed by atoms with Gasteiger partial charge in [-0.3, -0.25) is 0 Å². The number of hydrogen-bond acceptors (Lipinski definition) is 2. The van der Waals surface area contributed by atoms with Crippen molar-refractivity contribution in [3.63, 3.8) is 0 Å². The van der Waals surface area contributed by atoms with Crippen molar-refractivity contribution >= 4 is 0 Å². The average molecular weight is 271 g/mol. The minimum Gasteiger partial charge on any atom is -0.497 e. The van der Waals surface area contributed by atoms with Gasteiger partial charge in [-0.2, -0.15) is 0 Å². The number of benzene rings is 1. The largest absolute Gasteiger partial charge is 0.497 e. The highest BCUT2D eigenvalue weighted by molar-refractivity contribution is 5.45. The minimum atomic E-state index is 0.456. The molecule has 20 heavy (non-hydrogen) atoms. The summed E-state index contributed by atoms with van der Waals surface area (Å²) in [7, 11) is 4.12. The molecule has 1 saturated heterocycles. The maximum Gasteiger partial charge on any atom is 0.119 e. The molecule has 108 valence electrons. The highest BCUT2D eigenvalue weighted by Gasteiger charge is 2.53. The third-order valence-electron chi connectivity index (χ3n) is 6.32. The van der Waals surface area contributed by atoms with Crippen molar-refractivity contribution in [1.29, 1.82) is 0 Å². The van der Waals surface area contributed by atoms with Crippen molar-refractivity contribution in [2.75, 3.05) is 20.7 Å². The van der Waals surface area contributed by atoms with E-state index in [1.807, 2.05) is 0 Å². The van der Waals surface area contributed by atoms with E-state index in [9.17, 15) is 0 Å². The molecule has 2 bridgehead atoms. The predicted molar refractivity (Wildman–Crippen MR) is 81.4 cm³/mol. The van der Waals surface area contributed by atoms with Gasteiger partial charge in [0, 0.05) is 11.5 Å². The molecule has 0 unspecified atom stereocenters. The summed E-state index contributed by atoms with van der Waals surface area (Å²) < 4.78 is 5.51. The van der Waals surface area contributed by atoms with Crippen LogP contribution >= 0.6 is 0 Å². The smallest absolute Gasteiger partial charge is 0.119 e. The number of piperidine rings is 1. The number of rotatable bonds is 1. The Bertz CT molecular complexity index is 526. The van der Waals surface area contributed by atoms with Crippen LogP contribution in [0.3, 0.4) is 0 Å². The molecule has 1 aromatic rings. The van der Waals surface area contributed by atoms with Gasteiger partial charge in [-0.15, -0.1) is 0 Å². The molecule has 2 fully saturated rings. The standard InChI is InChI=1S/C18H25NO/c1-19-10-9-18-8-4-3-5-15(18)17(19)11-13-6-7-14(20-2)12-16(13)18/h6-7,12,15,17H,3-5,8-11H2,1-2H3/t15-,17-,18-/m0/s1. The van der Waals surface area contributed by atoms with Gasteiger partial charge in [-0.05, 0) is 68.5 Å². The van der Waals surface area contributed by atoms with Crippen LogP contribution in [0.5, 0.6) is 5.75 Å². The summed E-state index contributed by atoms with van der Waals surface area (Å²) >= 11 is 0. The lowest BCUT2D eigenvalue weighted by Crippen LogP contribution is -2.59. The average Bonchev–Trinajstić information content (AvgIpc) is 2.50. The topological polar surface area (TPSA) is 12.5 Å². The maximum atomic E-state index is 5.51. The first-order valence-corrected chi connectivity index (χ1v) is 8.12. The Morgan fingerprint density at radius 2 is 2.15 bits per heavy atom. The zero-order valence-electron chi connectivity index (χ0n) is 12.7. The molecule has 1 heterocycles. The molecule has 2 aliphatic carbocycles. The fraction of sp³-hybridized carbons (Fsp3) is 0.667. The second kappa shape index (κ2) is 4.49. The van der Waals surface area contributed by atoms with Gasteiger partial charge in [0.25, 0.3) is 0 Å². The molecule has 0 spiro atoms. The molecule has 0 aromatic heterocycles. The monoisotopic (exact) mass is 271 g/mol. The number of likely N-dealkylation sites (tertiary alicyclic amines) is 1. The highest BCUT2D eigenvalue weighted by Crippen LogP contribution is 2.55. The lowest BCUT2D eigenvalue weighted by Gasteiger charge is -2.58. The Labute approximate surface area is 122 Å². The Kier molecular flexibility index (Phi) is 2.85. The summed E-state index contributed by atoms with van der Waals surface area (Å²) in [5.41, 5.74) is 3.67. The highest BCUT2D eigenvalue weighted by atomic mass is 16.5. The van der Waals surface area contributed by atoms with Crippen molar-refractivity contribution in [2.45, 2.75) is 50.0 Å². The first-order valence-electron chi connectivity index (χ1n) is 8.12. The van der Waals surface area contributed by atoms with E-state index in [1.54, 1.807) is 18.2 Å². The molecule has 0 radical (unpaired) electrons. The van der Waals surface area contributed by atoms with Crippen LogP contribution in [0.1, 0.15) is 43.2 Å². The van der Waals surface area contributed by atoms with Crippen molar-refractivity contribution in [3.05, 3.63) is 29.3 Å². The second-order valence-electron chi connectivity index (χ2n) is 7.03. The molecule has 0 N–H and O–H groups in total. The van der Waals surface area contributed by atoms with Crippen LogP contribution in [0.15, 0.2) is 18.2 Å². The third-order valence-corrected chi connectivity index (χ3v) is 6.32. The number of nitrogens with zero attached hydrogens (tertiary/aromatic N) is 1. The molecule has 0 amide bonds. The van der Waals surface area contributed by atoms with Gasteiger partial charge in [0.15, 0.2) is 0 Å². The van der Waals surface area contributed by atoms with Crippen LogP contribution in [-0.4, -0.2) is 31.6 Å². The van der Waals surface area contributed by atoms with Gasteiger partial charge >= 0.3 is 0 Å². The van der Waals surface area contributed by atoms with E-state index in [-0.39, 0.29) is 0 Å². The summed E-state index contributed by atoms with van der Waals surface area (Å²) in [6, 6.07) is 7.60. The number of ether oxygens (including phenoxy) is 1. The Morgan fingerprint density at radius 1 is 1.25 bits per heavy atom. The van der Waals surface area contributed by atoms with Crippen LogP contribution in [0.2, 0.25) is 0 Å². The second-order valence-corrected chi connectivity index (χ2v) is 7.03. The van der Waals surface area contributed by atoms with Gasteiger partial charge in [0.1, 0.15) is 5.75 Å². The van der Waals surface area contributed by atoms with Crippen molar-refractivity contribution in [3.8, 4) is 5.75 Å². The van der Waals surface area contributed by atoms with Crippen molar-refractivity contribution < 1.29 is 4.74 Å². The van der Waals surface area contributed by atoms with Crippen LogP contribution in [-0.2, 0) is 11.8 Å². The lowest BCUT2D eigenvalue weighted by atomic mass is 9.52. The normalized spacial score (nSPS) is 36.1. The molecule has 2 heteroatoms. The van der Waals surface area contributed by atoms with Crippen LogP contribution in [0.4, 0.5) is 0 Å². The Hall–Kier alpha value is -1.02. The van der Waals surface area contributed by atoms with E-state index in [1.165, 1.54) is 45.1 Å². The van der Waals surface area contributed by atoms with Gasteiger partial charge in [0.05, 0.1) is 7.11 Å². The van der Waals surface area contributed by atoms with Crippen LogP contribution < -0.4 is 4.74 Å². The van der Waals surface area contributed by atoms with Crippen LogP contribution in [0, 0.1) is 5.92 Å². The SMILES string of the molecule is COc1ccc2c(c1)[C@]13CCCC[C@H]1[C@H](C2)N(C)CC3. The molecule has 3 atom stereocenters. The van der Waals surface area contributed by atoms with Crippen molar-refractivity contribution in [1.82, 2.24) is 4.90 Å². The zero-order chi connectivity index (χ0) is 13.7. The van der Waals surface area contributed by atoms with Crippen LogP contribution in [0.25, 0.3) is 0 Å². The third kappa shape index (κ3) is 1.60. The number of likely N-dealkylation sites (N-methyl/N-ethyl adjacent to an activating group) is 1. The molecule has 3 aliphatic rings. The fourth-order valence-electron chi connectivity index (χ4n) is 5.30. The first kappa shape index (κ1) is 12.7. The van der Waals surface area contributed by atoms with Gasteiger partial charge in [-0.1, -0.05) is 18.9 Å². The summed E-state index contributed by atoms with van der Waals surface area (Å²) in [5.74, 6) is 1.91. The Morgan fingerprint density at radius 3 is 3.00 bits per heavy atom. The number of hydrogen-bond donors (Lipinski definition) is 0. The first-order chi connectivity index (χ1) is 9.74. The molecule has 1 saturated carbocycles. The maximum absolute atomic E-state index is 5.51. The molecular formula is C18H25NO. The molecule has 2 nitrogen and oxygen atoms in total. The summed E-state index contributed by atoms with van der Waals surface area (Å²) in [5, 5.41) is 0. The van der Waals surface area contributed by atoms with E-state index in [2.05, 4.69) is 30.1 Å². The van der Waals surface area contributed by atoms with Gasteiger partial charge < -0.3 is 9.64 Å². The molecule has 1 aliphatic heterocycles. The summed E-state index contributed by atoms with van der Waals surface area (Å²) in [4.78, 5) is 2.63. The van der Waals surface area contributed by atoms with Crippen molar-refractivity contribution in [2.24, 2.45) is 5.92 Å². The van der Waals surface area contributed by atoms with E-state index in [4.69, 9.17) is 4.74 Å². The lowest BCUT2D eigenvalue weighted by molar-refractivity contribution is 0.00274. The van der Waals surface area contributed by atoms with E-state index in [0.29, 0.717) is 5.41 Å². The number of fused-ring (bicyclic) bond motifs is 1. The fourth-order valence-corrected chi connectivity index (χ4v) is 5.30. The summed E-state index contributed by atoms with van der Waals surface area (Å²) in [6.45, 7) is 1.26. The van der Waals surface area contributed by atoms with Gasteiger partial charge in [0.2, 0.25) is 0 Å². The minimum absolute atomic E-state index is 0.456. The number of methoxy groups -OCH3 is 1. The van der Waals surface area contributed by atoms with E-state index in [0.717, 1.165) is 17.7 Å². The van der Waals surface area contributed by atoms with E-state index >= 15 is 0 Å². The van der Waals surface area contributed by atoms with Gasteiger partial charge in [-0.25, -0.2) is 0 Å². The quantitative estimate of drug-likeness (QED) is 0.776. The predicted octanol–water partition coefficient (Wildman–Crippen LogP) is 3.38. The molecule has 4 rings (SSSR count). The van der Waals surface area contributed by atoms with E-state index < -0.39 is 0 Å². The summed E-state index contributed by atoms with van der Waals surface area (Å²) in [6.07, 6.45) is 8.22. The zero-order valence-corrected chi connectivity index (χ0v) is 12.7. The molecular weight excluding hydrogens is 246 g/mol.